The van der Waals surface area contributed by atoms with Gasteiger partial charge in [-0.3, -0.25) is 9.59 Å². The summed E-state index contributed by atoms with van der Waals surface area (Å²) in [5, 5.41) is 12.4. The number of rotatable bonds is 6. The molecular formula is C22H25FN2O6S. The van der Waals surface area contributed by atoms with Crippen molar-refractivity contribution in [2.75, 3.05) is 11.9 Å². The van der Waals surface area contributed by atoms with Crippen LogP contribution < -0.4 is 5.32 Å². The van der Waals surface area contributed by atoms with Crippen molar-refractivity contribution in [3.05, 3.63) is 59.4 Å². The minimum atomic E-state index is -4.09. The summed E-state index contributed by atoms with van der Waals surface area (Å²) in [5.74, 6) is -2.39. The molecule has 0 spiro atoms. The van der Waals surface area contributed by atoms with E-state index in [1.807, 2.05) is 6.92 Å². The lowest BCUT2D eigenvalue weighted by Crippen LogP contribution is -2.43. The molecule has 0 aliphatic carbocycles. The van der Waals surface area contributed by atoms with Crippen LogP contribution in [-0.2, 0) is 24.3 Å². The number of carbonyl (C=O) groups excluding carboxylic acids is 2. The van der Waals surface area contributed by atoms with Crippen molar-refractivity contribution < 1.29 is 32.2 Å². The Morgan fingerprint density at radius 3 is 2.53 bits per heavy atom. The quantitative estimate of drug-likeness (QED) is 0.634. The number of nitrogens with zero attached hydrogens (tertiary/aromatic N) is 1. The van der Waals surface area contributed by atoms with Gasteiger partial charge >= 0.3 is 5.97 Å². The molecule has 0 radical (unpaired) electrons. The summed E-state index contributed by atoms with van der Waals surface area (Å²) < 4.78 is 46.1. The number of benzene rings is 2. The molecule has 0 saturated carbocycles. The summed E-state index contributed by atoms with van der Waals surface area (Å²) in [7, 11) is -4.09. The molecule has 2 unspecified atom stereocenters. The molecule has 1 aliphatic rings. The van der Waals surface area contributed by atoms with Gasteiger partial charge in [-0.1, -0.05) is 18.2 Å². The minimum absolute atomic E-state index is 0.00200. The van der Waals surface area contributed by atoms with Crippen molar-refractivity contribution in [1.82, 2.24) is 4.31 Å². The van der Waals surface area contributed by atoms with Gasteiger partial charge in [0.05, 0.1) is 16.7 Å². The monoisotopic (exact) mass is 464 g/mol. The van der Waals surface area contributed by atoms with Gasteiger partial charge in [0.2, 0.25) is 10.0 Å². The van der Waals surface area contributed by atoms with Crippen LogP contribution in [0, 0.1) is 19.7 Å². The third-order valence-corrected chi connectivity index (χ3v) is 7.26. The second-order valence-corrected chi connectivity index (χ2v) is 9.66. The van der Waals surface area contributed by atoms with Crippen molar-refractivity contribution in [3.8, 4) is 0 Å². The SMILES string of the molecule is Cc1ccc(S(=O)(=O)N2CC(O)C[C@H]2C(=O)OC(C)C(=O)Nc2ccccc2F)cc1C. The van der Waals surface area contributed by atoms with Gasteiger partial charge in [0.25, 0.3) is 5.91 Å². The molecule has 32 heavy (non-hydrogen) atoms. The Bertz CT molecular complexity index is 1140. The minimum Gasteiger partial charge on any atom is -0.451 e. The van der Waals surface area contributed by atoms with Gasteiger partial charge in [-0.05, 0) is 56.2 Å². The highest BCUT2D eigenvalue weighted by molar-refractivity contribution is 7.89. The van der Waals surface area contributed by atoms with Crippen molar-refractivity contribution in [2.45, 2.75) is 50.3 Å². The topological polar surface area (TPSA) is 113 Å². The first-order valence-electron chi connectivity index (χ1n) is 10.0. The Morgan fingerprint density at radius 2 is 1.88 bits per heavy atom. The molecular weight excluding hydrogens is 439 g/mol. The number of aryl methyl sites for hydroxylation is 2. The number of hydrogen-bond donors (Lipinski definition) is 2. The third kappa shape index (κ3) is 4.98. The standard InChI is InChI=1S/C22H25FN2O6S/c1-13-8-9-17(10-14(13)2)32(29,30)25-12-16(26)11-20(25)22(28)31-15(3)21(27)24-19-7-5-4-6-18(19)23/h4-10,15-16,20,26H,11-12H2,1-3H3,(H,24,27)/t15?,16?,20-/m0/s1. The predicted octanol–water partition coefficient (Wildman–Crippen LogP) is 2.14. The molecule has 1 saturated heterocycles. The van der Waals surface area contributed by atoms with Gasteiger partial charge in [0.1, 0.15) is 11.9 Å². The smallest absolute Gasteiger partial charge is 0.325 e. The average Bonchev–Trinajstić information content (AvgIpc) is 3.14. The van der Waals surface area contributed by atoms with Crippen LogP contribution in [0.25, 0.3) is 0 Å². The van der Waals surface area contributed by atoms with E-state index in [1.54, 1.807) is 13.0 Å². The van der Waals surface area contributed by atoms with E-state index in [9.17, 15) is 27.5 Å². The summed E-state index contributed by atoms with van der Waals surface area (Å²) in [6.45, 7) is 4.64. The molecule has 1 heterocycles. The molecule has 3 rings (SSSR count). The van der Waals surface area contributed by atoms with Gasteiger partial charge in [-0.15, -0.1) is 0 Å². The molecule has 10 heteroatoms. The van der Waals surface area contributed by atoms with E-state index in [4.69, 9.17) is 4.74 Å². The Hall–Kier alpha value is -2.82. The number of aliphatic hydroxyl groups is 1. The highest BCUT2D eigenvalue weighted by atomic mass is 32.2. The zero-order valence-corrected chi connectivity index (χ0v) is 18.7. The number of halogens is 1. The second-order valence-electron chi connectivity index (χ2n) is 7.77. The number of carbonyl (C=O) groups is 2. The van der Waals surface area contributed by atoms with E-state index in [0.717, 1.165) is 15.4 Å². The van der Waals surface area contributed by atoms with Crippen LogP contribution in [-0.4, -0.2) is 54.5 Å². The first kappa shape index (κ1) is 23.8. The lowest BCUT2D eigenvalue weighted by molar-refractivity contribution is -0.156. The number of sulfonamides is 1. The number of aliphatic hydroxyl groups excluding tert-OH is 1. The Balaban J connectivity index is 1.75. The van der Waals surface area contributed by atoms with Crippen LogP contribution in [0.3, 0.4) is 0 Å². The molecule has 0 bridgehead atoms. The van der Waals surface area contributed by atoms with Crippen molar-refractivity contribution in [3.63, 3.8) is 0 Å². The summed E-state index contributed by atoms with van der Waals surface area (Å²) in [4.78, 5) is 25.1. The van der Waals surface area contributed by atoms with Crippen molar-refractivity contribution in [1.29, 1.82) is 0 Å². The van der Waals surface area contributed by atoms with E-state index in [0.29, 0.717) is 0 Å². The maximum absolute atomic E-state index is 13.7. The fourth-order valence-electron chi connectivity index (χ4n) is 3.38. The number of nitrogens with one attached hydrogen (secondary N) is 1. The molecule has 2 N–H and O–H groups in total. The molecule has 1 amide bonds. The number of amides is 1. The van der Waals surface area contributed by atoms with Crippen LogP contribution >= 0.6 is 0 Å². The highest BCUT2D eigenvalue weighted by Crippen LogP contribution is 2.28. The van der Waals surface area contributed by atoms with E-state index in [-0.39, 0.29) is 23.5 Å². The maximum Gasteiger partial charge on any atom is 0.325 e. The van der Waals surface area contributed by atoms with Crippen molar-refractivity contribution >= 4 is 27.6 Å². The van der Waals surface area contributed by atoms with Gasteiger partial charge < -0.3 is 15.2 Å². The Morgan fingerprint density at radius 1 is 1.19 bits per heavy atom. The van der Waals surface area contributed by atoms with E-state index in [2.05, 4.69) is 5.32 Å². The molecule has 172 valence electrons. The Labute approximate surface area is 186 Å². The molecule has 0 aromatic heterocycles. The van der Waals surface area contributed by atoms with Gasteiger partial charge in [0.15, 0.2) is 6.10 Å². The highest BCUT2D eigenvalue weighted by Gasteiger charge is 2.45. The molecule has 2 aromatic carbocycles. The zero-order chi connectivity index (χ0) is 23.6. The first-order chi connectivity index (χ1) is 15.0. The molecule has 8 nitrogen and oxygen atoms in total. The summed E-state index contributed by atoms with van der Waals surface area (Å²) >= 11 is 0. The van der Waals surface area contributed by atoms with Crippen LogP contribution in [0.15, 0.2) is 47.4 Å². The third-order valence-electron chi connectivity index (χ3n) is 5.38. The number of anilines is 1. The van der Waals surface area contributed by atoms with Crippen LogP contribution in [0.4, 0.5) is 10.1 Å². The van der Waals surface area contributed by atoms with E-state index in [1.165, 1.54) is 43.3 Å². The number of esters is 1. The average molecular weight is 465 g/mol. The van der Waals surface area contributed by atoms with Crippen molar-refractivity contribution in [2.24, 2.45) is 0 Å². The normalized spacial score (nSPS) is 20.0. The maximum atomic E-state index is 13.7. The number of para-hydroxylation sites is 1. The lowest BCUT2D eigenvalue weighted by atomic mass is 10.1. The largest absolute Gasteiger partial charge is 0.451 e. The summed E-state index contributed by atoms with van der Waals surface area (Å²) in [6, 6.07) is 8.83. The van der Waals surface area contributed by atoms with Crippen LogP contribution in [0.5, 0.6) is 0 Å². The van der Waals surface area contributed by atoms with Gasteiger partial charge in [-0.25, -0.2) is 12.8 Å². The number of hydrogen-bond acceptors (Lipinski definition) is 6. The van der Waals surface area contributed by atoms with Crippen LogP contribution in [0.2, 0.25) is 0 Å². The van der Waals surface area contributed by atoms with E-state index < -0.39 is 46.0 Å². The zero-order valence-electron chi connectivity index (χ0n) is 17.9. The molecule has 2 aromatic rings. The number of β-amino-alcohol motifs (C(OH)–C–C–N with tert-alkyl or cyclic N) is 1. The second kappa shape index (κ2) is 9.35. The summed E-state index contributed by atoms with van der Waals surface area (Å²) in [5.41, 5.74) is 1.61. The molecule has 1 fully saturated rings. The fraction of sp³-hybridized carbons (Fsp3) is 0.364. The fourth-order valence-corrected chi connectivity index (χ4v) is 5.09. The van der Waals surface area contributed by atoms with E-state index >= 15 is 0 Å². The lowest BCUT2D eigenvalue weighted by Gasteiger charge is -2.24. The first-order valence-corrected chi connectivity index (χ1v) is 11.5. The Kier molecular flexibility index (Phi) is 6.97. The number of ether oxygens (including phenoxy) is 1. The molecule has 3 atom stereocenters. The van der Waals surface area contributed by atoms with Gasteiger partial charge in [0, 0.05) is 13.0 Å². The van der Waals surface area contributed by atoms with Gasteiger partial charge in [-0.2, -0.15) is 4.31 Å². The van der Waals surface area contributed by atoms with Crippen LogP contribution in [0.1, 0.15) is 24.5 Å². The summed E-state index contributed by atoms with van der Waals surface area (Å²) in [6.07, 6.45) is -2.53. The predicted molar refractivity (Wildman–Crippen MR) is 115 cm³/mol. The molecule has 1 aliphatic heterocycles.